The standard InChI is InChI=1S/C28H35NO4/c1-28-14-23(18-6-4-17(5-7-18)15-29-31)27-22-9-8-21(30)13-19(22)12-20(16-32-2)26(27)24(28)10-11-25(28)33-3/h4-7,13,15,20,23-26,31H,8-12,14,16H2,1-3H3/t20-,23+,24-,25-,26-,28-/m0/s1. The van der Waals surface area contributed by atoms with Crippen LogP contribution in [0.4, 0.5) is 0 Å². The Bertz CT molecular complexity index is 1010. The maximum absolute atomic E-state index is 12.3. The summed E-state index contributed by atoms with van der Waals surface area (Å²) in [6.07, 6.45) is 9.42. The number of methoxy groups -OCH3 is 2. The summed E-state index contributed by atoms with van der Waals surface area (Å²) < 4.78 is 11.8. The molecule has 5 heteroatoms. The Labute approximate surface area is 196 Å². The van der Waals surface area contributed by atoms with Crippen molar-refractivity contribution in [1.29, 1.82) is 0 Å². The van der Waals surface area contributed by atoms with Crippen LogP contribution in [0.2, 0.25) is 0 Å². The van der Waals surface area contributed by atoms with Gasteiger partial charge in [0, 0.05) is 33.2 Å². The van der Waals surface area contributed by atoms with Gasteiger partial charge in [-0.15, -0.1) is 0 Å². The Morgan fingerprint density at radius 2 is 1.97 bits per heavy atom. The number of hydrogen-bond acceptors (Lipinski definition) is 5. The normalized spacial score (nSPS) is 35.9. The number of rotatable bonds is 5. The summed E-state index contributed by atoms with van der Waals surface area (Å²) in [7, 11) is 3.66. The Balaban J connectivity index is 1.68. The molecule has 6 atom stereocenters. The zero-order valence-electron chi connectivity index (χ0n) is 19.9. The van der Waals surface area contributed by atoms with Crippen LogP contribution in [0.5, 0.6) is 0 Å². The van der Waals surface area contributed by atoms with Gasteiger partial charge in [0.05, 0.1) is 12.3 Å². The maximum atomic E-state index is 12.3. The van der Waals surface area contributed by atoms with Gasteiger partial charge in [0.25, 0.3) is 0 Å². The smallest absolute Gasteiger partial charge is 0.156 e. The van der Waals surface area contributed by atoms with E-state index in [2.05, 4.69) is 24.2 Å². The fourth-order valence-corrected chi connectivity index (χ4v) is 7.72. The molecule has 0 amide bonds. The molecule has 1 N–H and O–H groups in total. The lowest BCUT2D eigenvalue weighted by Crippen LogP contribution is -2.48. The second-order valence-electron chi connectivity index (χ2n) is 10.6. The number of benzene rings is 1. The van der Waals surface area contributed by atoms with Crippen molar-refractivity contribution in [2.75, 3.05) is 20.8 Å². The van der Waals surface area contributed by atoms with Gasteiger partial charge in [0.2, 0.25) is 0 Å². The first-order chi connectivity index (χ1) is 16.0. The highest BCUT2D eigenvalue weighted by Gasteiger charge is 2.58. The van der Waals surface area contributed by atoms with Crippen LogP contribution in [0.25, 0.3) is 0 Å². The lowest BCUT2D eigenvalue weighted by atomic mass is 9.50. The van der Waals surface area contributed by atoms with Gasteiger partial charge in [0.15, 0.2) is 5.78 Å². The predicted octanol–water partition coefficient (Wildman–Crippen LogP) is 5.28. The first kappa shape index (κ1) is 22.5. The van der Waals surface area contributed by atoms with Crippen LogP contribution in [0.15, 0.2) is 52.2 Å². The van der Waals surface area contributed by atoms with Crippen molar-refractivity contribution in [3.05, 3.63) is 58.2 Å². The van der Waals surface area contributed by atoms with Crippen LogP contribution in [-0.4, -0.2) is 44.1 Å². The Morgan fingerprint density at radius 3 is 2.67 bits per heavy atom. The van der Waals surface area contributed by atoms with Crippen molar-refractivity contribution in [1.82, 2.24) is 0 Å². The molecule has 0 heterocycles. The molecular formula is C28H35NO4. The van der Waals surface area contributed by atoms with Crippen molar-refractivity contribution in [3.8, 4) is 0 Å². The average molecular weight is 450 g/mol. The van der Waals surface area contributed by atoms with Crippen molar-refractivity contribution < 1.29 is 19.5 Å². The van der Waals surface area contributed by atoms with Gasteiger partial charge in [-0.05, 0) is 83.6 Å². The highest BCUT2D eigenvalue weighted by atomic mass is 16.5. The monoisotopic (exact) mass is 449 g/mol. The first-order valence-corrected chi connectivity index (χ1v) is 12.3. The number of nitrogens with zero attached hydrogens (tertiary/aromatic N) is 1. The van der Waals surface area contributed by atoms with Crippen molar-refractivity contribution in [2.45, 2.75) is 57.5 Å². The van der Waals surface area contributed by atoms with Gasteiger partial charge in [0.1, 0.15) is 0 Å². The molecule has 0 unspecified atom stereocenters. The first-order valence-electron chi connectivity index (χ1n) is 12.3. The van der Waals surface area contributed by atoms with Crippen LogP contribution in [0.1, 0.15) is 62.5 Å². The van der Waals surface area contributed by atoms with Gasteiger partial charge >= 0.3 is 0 Å². The molecular weight excluding hydrogens is 414 g/mol. The summed E-state index contributed by atoms with van der Waals surface area (Å²) in [5, 5.41) is 12.1. The van der Waals surface area contributed by atoms with E-state index in [1.54, 1.807) is 12.7 Å². The minimum atomic E-state index is 0.108. The summed E-state index contributed by atoms with van der Waals surface area (Å²) in [6, 6.07) is 8.43. The van der Waals surface area contributed by atoms with E-state index < -0.39 is 0 Å². The summed E-state index contributed by atoms with van der Waals surface area (Å²) >= 11 is 0. The number of allylic oxidation sites excluding steroid dienone is 4. The third kappa shape index (κ3) is 3.70. The van der Waals surface area contributed by atoms with E-state index in [1.807, 2.05) is 25.3 Å². The molecule has 5 nitrogen and oxygen atoms in total. The van der Waals surface area contributed by atoms with Crippen LogP contribution < -0.4 is 0 Å². The molecule has 4 aliphatic rings. The average Bonchev–Trinajstić information content (AvgIpc) is 3.15. The highest BCUT2D eigenvalue weighted by molar-refractivity contribution is 5.93. The van der Waals surface area contributed by atoms with Crippen LogP contribution in [-0.2, 0) is 14.3 Å². The Kier molecular flexibility index (Phi) is 6.04. The van der Waals surface area contributed by atoms with E-state index >= 15 is 0 Å². The largest absolute Gasteiger partial charge is 0.411 e. The molecule has 1 aromatic carbocycles. The van der Waals surface area contributed by atoms with E-state index in [1.165, 1.54) is 29.3 Å². The molecule has 1 aromatic rings. The van der Waals surface area contributed by atoms with Gasteiger partial charge < -0.3 is 14.7 Å². The molecule has 0 bridgehead atoms. The third-order valence-electron chi connectivity index (χ3n) is 9.03. The summed E-state index contributed by atoms with van der Waals surface area (Å²) in [6.45, 7) is 3.16. The number of carbonyl (C=O) groups excluding carboxylic acids is 1. The second kappa shape index (κ2) is 8.84. The zero-order valence-corrected chi connectivity index (χ0v) is 19.9. The lowest BCUT2D eigenvalue weighted by molar-refractivity contribution is -0.114. The molecule has 0 aromatic heterocycles. The van der Waals surface area contributed by atoms with E-state index in [9.17, 15) is 4.79 Å². The highest BCUT2D eigenvalue weighted by Crippen LogP contribution is 2.65. The fourth-order valence-electron chi connectivity index (χ4n) is 7.72. The summed E-state index contributed by atoms with van der Waals surface area (Å²) in [5.41, 5.74) is 6.55. The summed E-state index contributed by atoms with van der Waals surface area (Å²) in [5.74, 6) is 1.95. The number of ether oxygens (including phenoxy) is 2. The van der Waals surface area contributed by atoms with Crippen LogP contribution >= 0.6 is 0 Å². The van der Waals surface area contributed by atoms with Gasteiger partial charge in [-0.3, -0.25) is 4.79 Å². The van der Waals surface area contributed by atoms with E-state index in [4.69, 9.17) is 14.7 Å². The number of ketones is 1. The van der Waals surface area contributed by atoms with Gasteiger partial charge in [-0.1, -0.05) is 41.9 Å². The number of fused-ring (bicyclic) bond motifs is 4. The number of hydrogen-bond donors (Lipinski definition) is 1. The molecule has 0 spiro atoms. The minimum absolute atomic E-state index is 0.108. The lowest BCUT2D eigenvalue weighted by Gasteiger charge is -2.54. The van der Waals surface area contributed by atoms with E-state index in [0.717, 1.165) is 37.9 Å². The van der Waals surface area contributed by atoms with Gasteiger partial charge in [-0.25, -0.2) is 0 Å². The molecule has 4 aliphatic carbocycles. The number of oxime groups is 1. The third-order valence-corrected chi connectivity index (χ3v) is 9.03. The topological polar surface area (TPSA) is 68.1 Å². The predicted molar refractivity (Wildman–Crippen MR) is 128 cm³/mol. The maximum Gasteiger partial charge on any atom is 0.156 e. The fraction of sp³-hybridized carbons (Fsp3) is 0.571. The van der Waals surface area contributed by atoms with E-state index in [-0.39, 0.29) is 17.3 Å². The quantitative estimate of drug-likeness (QED) is 0.377. The Hall–Kier alpha value is -2.24. The van der Waals surface area contributed by atoms with Crippen LogP contribution in [0, 0.1) is 23.2 Å². The van der Waals surface area contributed by atoms with Crippen molar-refractivity contribution in [3.63, 3.8) is 0 Å². The molecule has 33 heavy (non-hydrogen) atoms. The zero-order chi connectivity index (χ0) is 23.2. The van der Waals surface area contributed by atoms with Crippen molar-refractivity contribution >= 4 is 12.0 Å². The molecule has 2 fully saturated rings. The van der Waals surface area contributed by atoms with E-state index in [0.29, 0.717) is 30.1 Å². The van der Waals surface area contributed by atoms with Crippen LogP contribution in [0.3, 0.4) is 0 Å². The Morgan fingerprint density at radius 1 is 1.18 bits per heavy atom. The summed E-state index contributed by atoms with van der Waals surface area (Å²) in [4.78, 5) is 12.3. The molecule has 176 valence electrons. The number of carbonyl (C=O) groups is 1. The molecule has 0 radical (unpaired) electrons. The minimum Gasteiger partial charge on any atom is -0.411 e. The van der Waals surface area contributed by atoms with Gasteiger partial charge in [-0.2, -0.15) is 0 Å². The van der Waals surface area contributed by atoms with Crippen molar-refractivity contribution in [2.24, 2.45) is 28.3 Å². The SMILES string of the molecule is COC[C@@H]1CC2=CC(=O)CCC2=C2[C@@H]1[C@@H]1CC[C@H](OC)[C@@]1(C)C[C@@H]2c1ccc(C=NO)cc1. The molecule has 2 saturated carbocycles. The second-order valence-corrected chi connectivity index (χ2v) is 10.6. The molecule has 0 saturated heterocycles. The molecule has 5 rings (SSSR count). The molecule has 0 aliphatic heterocycles.